The average molecular weight is 433 g/mol. The summed E-state index contributed by atoms with van der Waals surface area (Å²) in [5.74, 6) is 0.142. The minimum atomic E-state index is -4.12. The second-order valence-corrected chi connectivity index (χ2v) is 8.95. The molecule has 31 heavy (non-hydrogen) atoms. The number of fused-ring (bicyclic) bond motifs is 1. The van der Waals surface area contributed by atoms with Crippen molar-refractivity contribution < 1.29 is 18.3 Å². The molecule has 0 aromatic heterocycles. The quantitative estimate of drug-likeness (QED) is 0.733. The van der Waals surface area contributed by atoms with Gasteiger partial charge in [-0.05, 0) is 49.5 Å². The second-order valence-electron chi connectivity index (χ2n) is 8.95. The van der Waals surface area contributed by atoms with Crippen LogP contribution in [0.2, 0.25) is 0 Å². The summed E-state index contributed by atoms with van der Waals surface area (Å²) in [4.78, 5) is 4.27. The molecule has 2 aromatic carbocycles. The van der Waals surface area contributed by atoms with Gasteiger partial charge in [0.05, 0.1) is 13.0 Å². The van der Waals surface area contributed by atoms with Crippen LogP contribution in [0, 0.1) is 6.92 Å². The van der Waals surface area contributed by atoms with E-state index in [4.69, 9.17) is 0 Å². The van der Waals surface area contributed by atoms with Gasteiger partial charge in [-0.25, -0.2) is 0 Å². The van der Waals surface area contributed by atoms with Crippen LogP contribution in [-0.2, 0) is 0 Å². The lowest BCUT2D eigenvalue weighted by molar-refractivity contribution is -0.140. The Labute approximate surface area is 182 Å². The smallest absolute Gasteiger partial charge is 0.390 e. The van der Waals surface area contributed by atoms with Crippen LogP contribution in [0.3, 0.4) is 0 Å². The molecule has 2 fully saturated rings. The van der Waals surface area contributed by atoms with Crippen molar-refractivity contribution in [3.8, 4) is 11.1 Å². The molecule has 0 bridgehead atoms. The predicted octanol–water partition coefficient (Wildman–Crippen LogP) is 4.84. The number of nitrogens with zero attached hydrogens (tertiary/aromatic N) is 2. The number of rotatable bonds is 5. The Morgan fingerprint density at radius 1 is 1.00 bits per heavy atom. The van der Waals surface area contributed by atoms with Gasteiger partial charge in [-0.3, -0.25) is 4.90 Å². The fourth-order valence-corrected chi connectivity index (χ4v) is 5.22. The van der Waals surface area contributed by atoms with Gasteiger partial charge in [-0.2, -0.15) is 13.2 Å². The monoisotopic (exact) mass is 432 g/mol. The number of hydrogen-bond acceptors (Lipinski definition) is 3. The number of aliphatic hydroxyl groups is 1. The molecule has 3 nitrogen and oxygen atoms in total. The van der Waals surface area contributed by atoms with Crippen molar-refractivity contribution >= 4 is 0 Å². The molecule has 4 rings (SSSR count). The zero-order valence-corrected chi connectivity index (χ0v) is 18.0. The molecule has 0 saturated carbocycles. The predicted molar refractivity (Wildman–Crippen MR) is 117 cm³/mol. The fourth-order valence-electron chi connectivity index (χ4n) is 5.22. The summed E-state index contributed by atoms with van der Waals surface area (Å²) < 4.78 is 38.3. The van der Waals surface area contributed by atoms with Crippen LogP contribution in [-0.4, -0.2) is 66.0 Å². The summed E-state index contributed by atoms with van der Waals surface area (Å²) in [6.07, 6.45) is -3.04. The third kappa shape index (κ3) is 5.13. The van der Waals surface area contributed by atoms with Crippen molar-refractivity contribution in [3.05, 3.63) is 59.7 Å². The van der Waals surface area contributed by atoms with Crippen LogP contribution in [0.15, 0.2) is 48.5 Å². The number of halogens is 3. The third-order valence-corrected chi connectivity index (χ3v) is 6.81. The summed E-state index contributed by atoms with van der Waals surface area (Å²) in [5, 5.41) is 10.1. The highest BCUT2D eigenvalue weighted by Gasteiger charge is 2.49. The molecule has 2 aliphatic heterocycles. The largest absolute Gasteiger partial charge is 0.395 e. The Kier molecular flexibility index (Phi) is 6.70. The van der Waals surface area contributed by atoms with Gasteiger partial charge in [0.15, 0.2) is 0 Å². The van der Waals surface area contributed by atoms with Crippen LogP contribution in [0.5, 0.6) is 0 Å². The summed E-state index contributed by atoms with van der Waals surface area (Å²) >= 11 is 0. The first-order valence-electron chi connectivity index (χ1n) is 11.2. The van der Waals surface area contributed by atoms with E-state index in [0.29, 0.717) is 13.1 Å². The van der Waals surface area contributed by atoms with Gasteiger partial charge in [0.2, 0.25) is 0 Å². The van der Waals surface area contributed by atoms with Gasteiger partial charge in [0.25, 0.3) is 0 Å². The van der Waals surface area contributed by atoms with Crippen molar-refractivity contribution in [3.63, 3.8) is 0 Å². The minimum absolute atomic E-state index is 0.0392. The molecule has 1 N–H and O–H groups in total. The molecule has 2 aliphatic rings. The minimum Gasteiger partial charge on any atom is -0.395 e. The Morgan fingerprint density at radius 2 is 1.74 bits per heavy atom. The lowest BCUT2D eigenvalue weighted by Gasteiger charge is -2.57. The number of hydrogen-bond donors (Lipinski definition) is 1. The van der Waals surface area contributed by atoms with E-state index in [-0.39, 0.29) is 31.2 Å². The van der Waals surface area contributed by atoms with Gasteiger partial charge in [-0.15, -0.1) is 0 Å². The summed E-state index contributed by atoms with van der Waals surface area (Å²) in [7, 11) is 0. The highest BCUT2D eigenvalue weighted by atomic mass is 19.4. The van der Waals surface area contributed by atoms with Gasteiger partial charge >= 0.3 is 6.18 Å². The van der Waals surface area contributed by atoms with E-state index >= 15 is 0 Å². The van der Waals surface area contributed by atoms with Crippen molar-refractivity contribution in [2.24, 2.45) is 0 Å². The first kappa shape index (κ1) is 22.3. The molecule has 0 radical (unpaired) electrons. The maximum absolute atomic E-state index is 12.8. The number of benzene rings is 2. The molecular formula is C25H31F3N2O. The number of aliphatic hydroxyl groups excluding tert-OH is 1. The van der Waals surface area contributed by atoms with Gasteiger partial charge < -0.3 is 10.0 Å². The van der Waals surface area contributed by atoms with Crippen LogP contribution < -0.4 is 0 Å². The second kappa shape index (κ2) is 9.31. The summed E-state index contributed by atoms with van der Waals surface area (Å²) in [6.45, 7) is 4.44. The molecule has 0 aliphatic carbocycles. The Morgan fingerprint density at radius 3 is 2.42 bits per heavy atom. The van der Waals surface area contributed by atoms with E-state index in [1.807, 2.05) is 11.0 Å². The van der Waals surface area contributed by atoms with E-state index in [2.05, 4.69) is 54.3 Å². The highest BCUT2D eigenvalue weighted by molar-refractivity contribution is 5.64. The maximum Gasteiger partial charge on any atom is 0.390 e. The van der Waals surface area contributed by atoms with Crippen molar-refractivity contribution in [2.45, 2.75) is 50.4 Å². The van der Waals surface area contributed by atoms with E-state index in [1.54, 1.807) is 0 Å². The molecule has 3 atom stereocenters. The fraction of sp³-hybridized carbons (Fsp3) is 0.520. The molecule has 0 amide bonds. The normalized spacial score (nSPS) is 25.4. The zero-order chi connectivity index (χ0) is 22.0. The molecule has 2 heterocycles. The number of alkyl halides is 3. The topological polar surface area (TPSA) is 26.7 Å². The molecule has 2 aromatic rings. The first-order valence-corrected chi connectivity index (χ1v) is 11.2. The third-order valence-electron chi connectivity index (χ3n) is 6.81. The maximum atomic E-state index is 12.8. The van der Waals surface area contributed by atoms with Crippen LogP contribution >= 0.6 is 0 Å². The lowest BCUT2D eigenvalue weighted by Crippen LogP contribution is -2.67. The first-order chi connectivity index (χ1) is 14.9. The SMILES string of the molecule is Cc1cccc(-c2ccc([C@H]3[C@H]4CN(CCC(F)(F)F)CCCCN4[C@H]3CO)cc2)c1. The molecule has 168 valence electrons. The average Bonchev–Trinajstić information content (AvgIpc) is 2.72. The standard InChI is InChI=1S/C25H31F3N2O/c1-18-5-4-6-21(15-18)19-7-9-20(10-8-19)24-22-16-29(14-11-25(26,27)28)12-2-3-13-30(22)23(24)17-31/h4-10,15,22-24,31H,2-3,11-14,16-17H2,1H3/t22-,23+,24+/m1/s1. The Balaban J connectivity index is 1.52. The van der Waals surface area contributed by atoms with Gasteiger partial charge in [0.1, 0.15) is 0 Å². The van der Waals surface area contributed by atoms with Crippen LogP contribution in [0.4, 0.5) is 13.2 Å². The van der Waals surface area contributed by atoms with E-state index in [1.165, 1.54) is 11.1 Å². The highest BCUT2D eigenvalue weighted by Crippen LogP contribution is 2.42. The van der Waals surface area contributed by atoms with E-state index in [0.717, 1.165) is 30.5 Å². The Bertz CT molecular complexity index is 868. The molecule has 2 saturated heterocycles. The van der Waals surface area contributed by atoms with E-state index in [9.17, 15) is 18.3 Å². The van der Waals surface area contributed by atoms with Gasteiger partial charge in [0, 0.05) is 31.1 Å². The molecular weight excluding hydrogens is 401 g/mol. The van der Waals surface area contributed by atoms with Crippen LogP contribution in [0.1, 0.15) is 36.3 Å². The Hall–Kier alpha value is -1.89. The molecule has 0 spiro atoms. The molecule has 0 unspecified atom stereocenters. The summed E-state index contributed by atoms with van der Waals surface area (Å²) in [5.41, 5.74) is 4.69. The van der Waals surface area contributed by atoms with Crippen LogP contribution in [0.25, 0.3) is 11.1 Å². The van der Waals surface area contributed by atoms with E-state index < -0.39 is 12.6 Å². The number of aryl methyl sites for hydroxylation is 1. The zero-order valence-electron chi connectivity index (χ0n) is 18.0. The van der Waals surface area contributed by atoms with Crippen molar-refractivity contribution in [1.82, 2.24) is 9.80 Å². The van der Waals surface area contributed by atoms with Crippen molar-refractivity contribution in [2.75, 3.05) is 32.8 Å². The molecule has 6 heteroatoms. The van der Waals surface area contributed by atoms with Crippen molar-refractivity contribution in [1.29, 1.82) is 0 Å². The van der Waals surface area contributed by atoms with Gasteiger partial charge in [-0.1, -0.05) is 54.1 Å². The lowest BCUT2D eigenvalue weighted by atomic mass is 9.74. The summed E-state index contributed by atoms with van der Waals surface area (Å²) in [6, 6.07) is 17.0.